The fourth-order valence-electron chi connectivity index (χ4n) is 1.23. The molecule has 64 valence electrons. The maximum Gasteiger partial charge on any atom is 0.197 e. The Morgan fingerprint density at radius 1 is 1.82 bits per heavy atom. The monoisotopic (exact) mass is 159 g/mol. The number of nitrogens with zero attached hydrogens (tertiary/aromatic N) is 1. The molecule has 0 amide bonds. The van der Waals surface area contributed by atoms with E-state index in [1.54, 1.807) is 4.90 Å². The summed E-state index contributed by atoms with van der Waals surface area (Å²) in [4.78, 5) is 11.9. The number of hydrogen-bond donors (Lipinski definition) is 2. The molecule has 0 radical (unpaired) electrons. The highest BCUT2D eigenvalue weighted by Gasteiger charge is 2.20. The first kappa shape index (κ1) is 8.45. The first-order valence-corrected chi connectivity index (χ1v) is 3.73. The van der Waals surface area contributed by atoms with Gasteiger partial charge in [0, 0.05) is 19.5 Å². The van der Waals surface area contributed by atoms with Crippen LogP contribution in [-0.2, 0) is 4.79 Å². The van der Waals surface area contributed by atoms with Gasteiger partial charge in [-0.2, -0.15) is 0 Å². The highest BCUT2D eigenvalue weighted by atomic mass is 16.4. The molecule has 5 nitrogen and oxygen atoms in total. The molecule has 0 saturated carbocycles. The van der Waals surface area contributed by atoms with Crippen LogP contribution in [0.1, 0.15) is 6.42 Å². The quantitative estimate of drug-likeness (QED) is 0.433. The van der Waals surface area contributed by atoms with Crippen LogP contribution < -0.4 is 16.2 Å². The summed E-state index contributed by atoms with van der Waals surface area (Å²) < 4.78 is 0. The summed E-state index contributed by atoms with van der Waals surface area (Å²) in [6, 6.07) is 0. The van der Waals surface area contributed by atoms with Crippen LogP contribution in [0.3, 0.4) is 0 Å². The number of quaternary nitrogens is 1. The summed E-state index contributed by atoms with van der Waals surface area (Å²) >= 11 is 0. The van der Waals surface area contributed by atoms with E-state index in [4.69, 9.17) is 5.73 Å². The number of carbonyl (C=O) groups is 1. The number of nitrogens with two attached hydrogens (primary N) is 2. The first-order chi connectivity index (χ1) is 5.20. The molecule has 1 heterocycles. The molecule has 1 fully saturated rings. The summed E-state index contributed by atoms with van der Waals surface area (Å²) in [5, 5.41) is 12.1. The molecule has 5 heteroatoms. The SMILES string of the molecule is NC1[NH2+]CCCN1CC(=O)[O-]. The van der Waals surface area contributed by atoms with Gasteiger partial charge in [0.1, 0.15) is 0 Å². The van der Waals surface area contributed by atoms with Gasteiger partial charge in [-0.3, -0.25) is 5.73 Å². The summed E-state index contributed by atoms with van der Waals surface area (Å²) in [6.45, 7) is 1.67. The van der Waals surface area contributed by atoms with Crippen molar-refractivity contribution in [3.8, 4) is 0 Å². The second-order valence-corrected chi connectivity index (χ2v) is 2.71. The van der Waals surface area contributed by atoms with E-state index in [2.05, 4.69) is 0 Å². The summed E-state index contributed by atoms with van der Waals surface area (Å²) in [5.74, 6) is -1.06. The smallest absolute Gasteiger partial charge is 0.197 e. The molecule has 0 aromatic carbocycles. The fraction of sp³-hybridized carbons (Fsp3) is 0.833. The van der Waals surface area contributed by atoms with E-state index < -0.39 is 5.97 Å². The van der Waals surface area contributed by atoms with Gasteiger partial charge in [-0.25, -0.2) is 4.90 Å². The molecule has 0 spiro atoms. The highest BCUT2D eigenvalue weighted by molar-refractivity contribution is 5.66. The minimum Gasteiger partial charge on any atom is -0.549 e. The minimum atomic E-state index is -1.06. The van der Waals surface area contributed by atoms with E-state index in [1.165, 1.54) is 0 Å². The number of rotatable bonds is 2. The topological polar surface area (TPSA) is 86.0 Å². The molecule has 1 atom stereocenters. The lowest BCUT2D eigenvalue weighted by atomic mass is 10.3. The zero-order chi connectivity index (χ0) is 8.27. The molecule has 1 unspecified atom stereocenters. The van der Waals surface area contributed by atoms with Gasteiger partial charge in [-0.15, -0.1) is 0 Å². The Bertz CT molecular complexity index is 151. The number of aliphatic carboxylic acids is 1. The molecular weight excluding hydrogens is 146 g/mol. The molecule has 11 heavy (non-hydrogen) atoms. The van der Waals surface area contributed by atoms with E-state index in [-0.39, 0.29) is 12.8 Å². The van der Waals surface area contributed by atoms with E-state index >= 15 is 0 Å². The third kappa shape index (κ3) is 2.45. The molecule has 1 aliphatic rings. The number of carbonyl (C=O) groups excluding carboxylic acids is 1. The summed E-state index contributed by atoms with van der Waals surface area (Å²) in [6.07, 6.45) is 0.780. The average molecular weight is 159 g/mol. The normalized spacial score (nSPS) is 26.8. The standard InChI is InChI=1S/C6H13N3O2/c7-6-8-2-1-3-9(6)4-5(10)11/h6,8H,1-4,7H2,(H,10,11). The van der Waals surface area contributed by atoms with Crippen molar-refractivity contribution in [2.75, 3.05) is 19.6 Å². The predicted molar refractivity (Wildman–Crippen MR) is 36.0 cm³/mol. The average Bonchev–Trinajstić information content (AvgIpc) is 1.93. The largest absolute Gasteiger partial charge is 0.549 e. The Balaban J connectivity index is 2.35. The Kier molecular flexibility index (Phi) is 2.81. The molecule has 0 aromatic heterocycles. The second kappa shape index (κ2) is 3.66. The first-order valence-electron chi connectivity index (χ1n) is 3.73. The van der Waals surface area contributed by atoms with E-state index in [0.29, 0.717) is 0 Å². The molecule has 0 aromatic rings. The van der Waals surface area contributed by atoms with Crippen molar-refractivity contribution in [3.05, 3.63) is 0 Å². The summed E-state index contributed by atoms with van der Waals surface area (Å²) in [5.41, 5.74) is 5.61. The van der Waals surface area contributed by atoms with E-state index in [1.807, 2.05) is 5.32 Å². The number of hydrogen-bond acceptors (Lipinski definition) is 4. The van der Waals surface area contributed by atoms with Crippen LogP contribution in [0, 0.1) is 0 Å². The maximum absolute atomic E-state index is 10.2. The van der Waals surface area contributed by atoms with Gasteiger partial charge in [-0.1, -0.05) is 0 Å². The molecule has 1 rings (SSSR count). The van der Waals surface area contributed by atoms with Gasteiger partial charge in [0.15, 0.2) is 6.29 Å². The van der Waals surface area contributed by atoms with Crippen molar-refractivity contribution in [2.45, 2.75) is 12.7 Å². The lowest BCUT2D eigenvalue weighted by molar-refractivity contribution is -0.718. The second-order valence-electron chi connectivity index (χ2n) is 2.71. The van der Waals surface area contributed by atoms with Crippen LogP contribution in [0.2, 0.25) is 0 Å². The van der Waals surface area contributed by atoms with Crippen molar-refractivity contribution in [2.24, 2.45) is 5.73 Å². The molecule has 0 bridgehead atoms. The van der Waals surface area contributed by atoms with Gasteiger partial charge in [-0.05, 0) is 0 Å². The number of carboxylic acid groups (broad SMARTS) is 1. The van der Waals surface area contributed by atoms with Crippen LogP contribution in [-0.4, -0.2) is 36.8 Å². The zero-order valence-electron chi connectivity index (χ0n) is 6.32. The lowest BCUT2D eigenvalue weighted by Crippen LogP contribution is -2.98. The molecule has 1 saturated heterocycles. The summed E-state index contributed by atoms with van der Waals surface area (Å²) in [7, 11) is 0. The maximum atomic E-state index is 10.2. The lowest BCUT2D eigenvalue weighted by Gasteiger charge is -2.30. The van der Waals surface area contributed by atoms with Crippen molar-refractivity contribution in [1.29, 1.82) is 0 Å². The van der Waals surface area contributed by atoms with E-state index in [9.17, 15) is 9.90 Å². The van der Waals surface area contributed by atoms with Gasteiger partial charge >= 0.3 is 0 Å². The van der Waals surface area contributed by atoms with Crippen molar-refractivity contribution in [1.82, 2.24) is 4.90 Å². The Morgan fingerprint density at radius 3 is 3.09 bits per heavy atom. The third-order valence-electron chi connectivity index (χ3n) is 1.81. The van der Waals surface area contributed by atoms with Crippen LogP contribution in [0.4, 0.5) is 0 Å². The Hall–Kier alpha value is -0.650. The third-order valence-corrected chi connectivity index (χ3v) is 1.81. The molecule has 4 N–H and O–H groups in total. The van der Waals surface area contributed by atoms with Crippen LogP contribution in [0.15, 0.2) is 0 Å². The number of carboxylic acids is 1. The zero-order valence-corrected chi connectivity index (χ0v) is 6.32. The Labute approximate surface area is 65.2 Å². The molecule has 1 aliphatic heterocycles. The Morgan fingerprint density at radius 2 is 2.55 bits per heavy atom. The minimum absolute atomic E-state index is 0.0579. The van der Waals surface area contributed by atoms with Gasteiger partial charge in [0.05, 0.1) is 12.5 Å². The fourth-order valence-corrected chi connectivity index (χ4v) is 1.23. The van der Waals surface area contributed by atoms with E-state index in [0.717, 1.165) is 19.5 Å². The van der Waals surface area contributed by atoms with Crippen molar-refractivity contribution in [3.63, 3.8) is 0 Å². The van der Waals surface area contributed by atoms with Crippen LogP contribution in [0.25, 0.3) is 0 Å². The van der Waals surface area contributed by atoms with Gasteiger partial charge in [0.25, 0.3) is 0 Å². The molecular formula is C6H13N3O2. The van der Waals surface area contributed by atoms with Crippen molar-refractivity contribution < 1.29 is 15.2 Å². The van der Waals surface area contributed by atoms with Crippen LogP contribution >= 0.6 is 0 Å². The van der Waals surface area contributed by atoms with Crippen LogP contribution in [0.5, 0.6) is 0 Å². The van der Waals surface area contributed by atoms with Gasteiger partial charge in [0.2, 0.25) is 0 Å². The highest BCUT2D eigenvalue weighted by Crippen LogP contribution is 1.92. The predicted octanol–water partition coefficient (Wildman–Crippen LogP) is -3.75. The van der Waals surface area contributed by atoms with Gasteiger partial charge < -0.3 is 15.2 Å². The molecule has 0 aliphatic carbocycles. The van der Waals surface area contributed by atoms with Crippen molar-refractivity contribution >= 4 is 5.97 Å².